The van der Waals surface area contributed by atoms with Crippen LogP contribution in [0.25, 0.3) is 10.2 Å². The summed E-state index contributed by atoms with van der Waals surface area (Å²) >= 11 is 1.34. The van der Waals surface area contributed by atoms with Crippen molar-refractivity contribution in [1.82, 2.24) is 4.98 Å². The van der Waals surface area contributed by atoms with Gasteiger partial charge in [-0.2, -0.15) is 5.26 Å². The molecule has 2 aromatic carbocycles. The molecule has 27 heavy (non-hydrogen) atoms. The van der Waals surface area contributed by atoms with E-state index in [0.29, 0.717) is 5.01 Å². The van der Waals surface area contributed by atoms with Crippen molar-refractivity contribution in [3.63, 3.8) is 0 Å². The number of nitriles is 1. The van der Waals surface area contributed by atoms with E-state index in [1.807, 2.05) is 62.4 Å². The first-order valence-electron chi connectivity index (χ1n) is 8.63. The average molecular weight is 377 g/mol. The number of hydrogen-bond acceptors (Lipinski definition) is 5. The molecule has 0 radical (unpaired) electrons. The highest BCUT2D eigenvalue weighted by atomic mass is 32.1. The highest BCUT2D eigenvalue weighted by molar-refractivity contribution is 7.18. The number of para-hydroxylation sites is 1. The van der Waals surface area contributed by atoms with Crippen LogP contribution in [-0.4, -0.2) is 16.7 Å². The third kappa shape index (κ3) is 4.39. The van der Waals surface area contributed by atoms with E-state index < -0.39 is 5.92 Å². The number of benzene rings is 2. The van der Waals surface area contributed by atoms with E-state index in [4.69, 9.17) is 0 Å². The number of carbonyl (C=O) groups excluding carboxylic acids is 2. The molecule has 1 atom stereocenters. The van der Waals surface area contributed by atoms with Crippen LogP contribution in [0.3, 0.4) is 0 Å². The number of ketones is 1. The van der Waals surface area contributed by atoms with Gasteiger partial charge < -0.3 is 5.32 Å². The van der Waals surface area contributed by atoms with E-state index in [9.17, 15) is 14.9 Å². The number of amides is 1. The highest BCUT2D eigenvalue weighted by Crippen LogP contribution is 2.28. The molecule has 3 rings (SSSR count). The van der Waals surface area contributed by atoms with Gasteiger partial charge in [-0.25, -0.2) is 4.98 Å². The van der Waals surface area contributed by atoms with Gasteiger partial charge in [0.15, 0.2) is 11.7 Å². The Morgan fingerprint density at radius 3 is 2.70 bits per heavy atom. The van der Waals surface area contributed by atoms with Gasteiger partial charge >= 0.3 is 0 Å². The largest absolute Gasteiger partial charge is 0.326 e. The Balaban J connectivity index is 1.64. The van der Waals surface area contributed by atoms with Crippen LogP contribution in [0.1, 0.15) is 34.9 Å². The molecule has 0 aliphatic heterocycles. The summed E-state index contributed by atoms with van der Waals surface area (Å²) in [5.41, 5.74) is 3.53. The zero-order chi connectivity index (χ0) is 19.4. The first-order chi connectivity index (χ1) is 13.0. The number of nitrogens with zero attached hydrogens (tertiary/aromatic N) is 2. The summed E-state index contributed by atoms with van der Waals surface area (Å²) in [7, 11) is 0. The van der Waals surface area contributed by atoms with Gasteiger partial charge in [0.2, 0.25) is 5.91 Å². The van der Waals surface area contributed by atoms with Gasteiger partial charge in [-0.15, -0.1) is 11.3 Å². The number of fused-ring (bicyclic) bond motifs is 1. The van der Waals surface area contributed by atoms with E-state index >= 15 is 0 Å². The predicted octanol–water partition coefficient (Wildman–Crippen LogP) is 4.51. The Labute approximate surface area is 161 Å². The Hall–Kier alpha value is -3.04. The number of aromatic nitrogens is 1. The average Bonchev–Trinajstić information content (AvgIpc) is 3.07. The first kappa shape index (κ1) is 18.7. The van der Waals surface area contributed by atoms with Gasteiger partial charge in [-0.3, -0.25) is 9.59 Å². The van der Waals surface area contributed by atoms with Crippen LogP contribution >= 0.6 is 11.3 Å². The number of hydrogen-bond donors (Lipinski definition) is 1. The monoisotopic (exact) mass is 377 g/mol. The second-order valence-electron chi connectivity index (χ2n) is 6.41. The number of carbonyl (C=O) groups is 2. The van der Waals surface area contributed by atoms with Gasteiger partial charge in [0.05, 0.1) is 16.3 Å². The van der Waals surface area contributed by atoms with Gasteiger partial charge in [0.25, 0.3) is 0 Å². The lowest BCUT2D eigenvalue weighted by molar-refractivity contribution is -0.123. The van der Waals surface area contributed by atoms with Crippen LogP contribution in [-0.2, 0) is 9.59 Å². The van der Waals surface area contributed by atoms with Gasteiger partial charge in [0, 0.05) is 18.5 Å². The van der Waals surface area contributed by atoms with Crippen molar-refractivity contribution in [2.75, 3.05) is 5.32 Å². The van der Waals surface area contributed by atoms with Crippen LogP contribution in [0.5, 0.6) is 0 Å². The lowest BCUT2D eigenvalue weighted by atomic mass is 10.0. The molecule has 1 aromatic heterocycles. The zero-order valence-corrected chi connectivity index (χ0v) is 16.0. The lowest BCUT2D eigenvalue weighted by Gasteiger charge is -2.10. The first-order valence-corrected chi connectivity index (χ1v) is 9.44. The van der Waals surface area contributed by atoms with Crippen LogP contribution in [0, 0.1) is 25.2 Å². The van der Waals surface area contributed by atoms with Crippen molar-refractivity contribution >= 4 is 38.9 Å². The molecule has 0 spiro atoms. The molecule has 0 saturated heterocycles. The summed E-state index contributed by atoms with van der Waals surface area (Å²) in [5.74, 6) is -1.46. The Morgan fingerprint density at radius 1 is 1.19 bits per heavy atom. The minimum absolute atomic E-state index is 0.00481. The number of Topliss-reactive ketones (excluding diaryl/α,β-unsaturated/α-hetero) is 1. The van der Waals surface area contributed by atoms with E-state index in [0.717, 1.165) is 27.0 Å². The molecule has 0 aliphatic carbocycles. The molecule has 1 amide bonds. The van der Waals surface area contributed by atoms with Crippen LogP contribution in [0.15, 0.2) is 42.5 Å². The van der Waals surface area contributed by atoms with Crippen molar-refractivity contribution in [3.05, 3.63) is 58.6 Å². The molecule has 0 bridgehead atoms. The van der Waals surface area contributed by atoms with Gasteiger partial charge in [-0.1, -0.05) is 24.3 Å². The van der Waals surface area contributed by atoms with Crippen LogP contribution < -0.4 is 5.32 Å². The maximum Gasteiger partial charge on any atom is 0.224 e. The third-order valence-corrected chi connectivity index (χ3v) is 5.38. The van der Waals surface area contributed by atoms with Crippen molar-refractivity contribution < 1.29 is 9.59 Å². The lowest BCUT2D eigenvalue weighted by Crippen LogP contribution is -2.17. The number of aryl methyl sites for hydroxylation is 2. The van der Waals surface area contributed by atoms with Crippen molar-refractivity contribution in [3.8, 4) is 6.07 Å². The normalized spacial score (nSPS) is 11.7. The molecule has 0 saturated carbocycles. The standard InChI is InChI=1S/C21H19N3O2S/c1-13-7-8-14(2)17(11-13)23-20(26)10-9-18(25)15(12-22)21-24-16-5-3-4-6-19(16)27-21/h3-8,11,15H,9-10H2,1-2H3,(H,23,26). The molecule has 0 aliphatic rings. The zero-order valence-electron chi connectivity index (χ0n) is 15.2. The van der Waals surface area contributed by atoms with E-state index in [1.54, 1.807) is 0 Å². The summed E-state index contributed by atoms with van der Waals surface area (Å²) in [4.78, 5) is 29.1. The fourth-order valence-corrected chi connectivity index (χ4v) is 3.78. The second kappa shape index (κ2) is 8.11. The molecular weight excluding hydrogens is 358 g/mol. The van der Waals surface area contributed by atoms with Crippen LogP contribution in [0.4, 0.5) is 5.69 Å². The Morgan fingerprint density at radius 2 is 1.96 bits per heavy atom. The number of anilines is 1. The fourth-order valence-electron chi connectivity index (χ4n) is 2.74. The summed E-state index contributed by atoms with van der Waals surface area (Å²) in [5, 5.41) is 12.8. The molecule has 1 N–H and O–H groups in total. The maximum absolute atomic E-state index is 12.5. The predicted molar refractivity (Wildman–Crippen MR) is 107 cm³/mol. The van der Waals surface area contributed by atoms with E-state index in [2.05, 4.69) is 10.3 Å². The number of nitrogens with one attached hydrogen (secondary N) is 1. The summed E-state index contributed by atoms with van der Waals surface area (Å²) < 4.78 is 0.938. The molecule has 3 aromatic rings. The van der Waals surface area contributed by atoms with E-state index in [-0.39, 0.29) is 24.5 Å². The topological polar surface area (TPSA) is 82.9 Å². The molecule has 6 heteroatoms. The Kier molecular flexibility index (Phi) is 5.63. The SMILES string of the molecule is Cc1ccc(C)c(NC(=O)CCC(=O)C(C#N)c2nc3ccccc3s2)c1. The minimum Gasteiger partial charge on any atom is -0.326 e. The number of rotatable bonds is 6. The van der Waals surface area contributed by atoms with Crippen molar-refractivity contribution in [1.29, 1.82) is 5.26 Å². The van der Waals surface area contributed by atoms with Crippen LogP contribution in [0.2, 0.25) is 0 Å². The van der Waals surface area contributed by atoms with Crippen molar-refractivity contribution in [2.24, 2.45) is 0 Å². The summed E-state index contributed by atoms with van der Waals surface area (Å²) in [6, 6.07) is 15.4. The number of thiazole rings is 1. The molecule has 5 nitrogen and oxygen atoms in total. The molecular formula is C21H19N3O2S. The molecule has 136 valence electrons. The second-order valence-corrected chi connectivity index (χ2v) is 7.48. The summed E-state index contributed by atoms with van der Waals surface area (Å²) in [6.07, 6.45) is 0.0418. The minimum atomic E-state index is -0.934. The van der Waals surface area contributed by atoms with Gasteiger partial charge in [-0.05, 0) is 43.2 Å². The molecule has 1 heterocycles. The van der Waals surface area contributed by atoms with Crippen molar-refractivity contribution in [2.45, 2.75) is 32.6 Å². The smallest absolute Gasteiger partial charge is 0.224 e. The van der Waals surface area contributed by atoms with E-state index in [1.165, 1.54) is 11.3 Å². The molecule has 0 fully saturated rings. The highest BCUT2D eigenvalue weighted by Gasteiger charge is 2.24. The fraction of sp³-hybridized carbons (Fsp3) is 0.238. The Bertz CT molecular complexity index is 1020. The molecule has 1 unspecified atom stereocenters. The van der Waals surface area contributed by atoms with Gasteiger partial charge in [0.1, 0.15) is 5.01 Å². The maximum atomic E-state index is 12.5. The quantitative estimate of drug-likeness (QED) is 0.685. The summed E-state index contributed by atoms with van der Waals surface area (Å²) in [6.45, 7) is 3.87. The third-order valence-electron chi connectivity index (χ3n) is 4.27.